The lowest BCUT2D eigenvalue weighted by atomic mass is 9.96. The molecule has 1 unspecified atom stereocenters. The number of rotatable bonds is 2. The fraction of sp³-hybridized carbons (Fsp3) is 0.600. The third kappa shape index (κ3) is 2.28. The average molecular weight is 288 g/mol. The van der Waals surface area contributed by atoms with E-state index in [1.54, 1.807) is 0 Å². The summed E-state index contributed by atoms with van der Waals surface area (Å²) in [4.78, 5) is 6.84. The van der Waals surface area contributed by atoms with Gasteiger partial charge in [-0.15, -0.1) is 0 Å². The lowest BCUT2D eigenvalue weighted by Gasteiger charge is -2.36. The molecule has 2 saturated heterocycles. The smallest absolute Gasteiger partial charge is 0.162 e. The van der Waals surface area contributed by atoms with Gasteiger partial charge in [0.1, 0.15) is 0 Å². The van der Waals surface area contributed by atoms with E-state index in [0.717, 1.165) is 43.8 Å². The lowest BCUT2D eigenvalue weighted by molar-refractivity contribution is -0.0858. The Morgan fingerprint density at radius 1 is 1.29 bits per heavy atom. The number of fused-ring (bicyclic) bond motifs is 1. The minimum absolute atomic E-state index is 0.0287. The van der Waals surface area contributed by atoms with Crippen molar-refractivity contribution in [3.05, 3.63) is 18.5 Å². The summed E-state index contributed by atoms with van der Waals surface area (Å²) in [5.74, 6) is 0.445. The molecule has 0 aliphatic carbocycles. The van der Waals surface area contributed by atoms with E-state index in [0.29, 0.717) is 5.92 Å². The topological polar surface area (TPSA) is 52.4 Å². The Bertz CT molecular complexity index is 636. The maximum Gasteiger partial charge on any atom is 0.162 e. The summed E-state index contributed by atoms with van der Waals surface area (Å²) in [5, 5.41) is 5.45. The highest BCUT2D eigenvalue weighted by molar-refractivity contribution is 5.89. The van der Waals surface area contributed by atoms with Crippen LogP contribution in [0, 0.1) is 5.92 Å². The van der Waals surface area contributed by atoms with Crippen molar-refractivity contribution in [1.29, 1.82) is 0 Å². The normalized spacial score (nSPS) is 24.0. The predicted molar refractivity (Wildman–Crippen MR) is 79.1 cm³/mol. The zero-order valence-electron chi connectivity index (χ0n) is 12.2. The molecule has 2 fully saturated rings. The first kappa shape index (κ1) is 13.0. The zero-order chi connectivity index (χ0) is 14.2. The molecule has 0 N–H and O–H groups in total. The number of nitrogens with zero attached hydrogens (tertiary/aromatic N) is 4. The fourth-order valence-electron chi connectivity index (χ4n) is 3.41. The van der Waals surface area contributed by atoms with Crippen molar-refractivity contribution in [1.82, 2.24) is 14.8 Å². The van der Waals surface area contributed by atoms with E-state index in [1.165, 1.54) is 12.1 Å². The number of ether oxygens (including phenoxy) is 2. The maximum absolute atomic E-state index is 5.69. The zero-order valence-corrected chi connectivity index (χ0v) is 12.2. The number of anilines is 1. The van der Waals surface area contributed by atoms with Gasteiger partial charge in [-0.05, 0) is 18.9 Å². The van der Waals surface area contributed by atoms with Gasteiger partial charge in [-0.2, -0.15) is 5.10 Å². The molecule has 6 nitrogen and oxygen atoms in total. The quantitative estimate of drug-likeness (QED) is 0.839. The molecule has 0 bridgehead atoms. The molecule has 4 heterocycles. The molecule has 0 spiro atoms. The van der Waals surface area contributed by atoms with E-state index >= 15 is 0 Å². The SMILES string of the molecule is Cn1ncc2c(N3CCCC(C4OCCO4)C3)ccnc21. The van der Waals surface area contributed by atoms with E-state index in [4.69, 9.17) is 9.47 Å². The van der Waals surface area contributed by atoms with E-state index in [1.807, 2.05) is 24.1 Å². The molecule has 1 atom stereocenters. The van der Waals surface area contributed by atoms with Crippen LogP contribution in [0.15, 0.2) is 18.5 Å². The number of piperidine rings is 1. The van der Waals surface area contributed by atoms with Gasteiger partial charge in [0.15, 0.2) is 11.9 Å². The average Bonchev–Trinajstić information content (AvgIpc) is 3.18. The van der Waals surface area contributed by atoms with Crippen LogP contribution in [0.2, 0.25) is 0 Å². The van der Waals surface area contributed by atoms with Gasteiger partial charge < -0.3 is 14.4 Å². The van der Waals surface area contributed by atoms with Crippen LogP contribution in [0.3, 0.4) is 0 Å². The molecule has 2 aromatic rings. The molecule has 0 aromatic carbocycles. The van der Waals surface area contributed by atoms with Crippen molar-refractivity contribution < 1.29 is 9.47 Å². The van der Waals surface area contributed by atoms with E-state index in [2.05, 4.69) is 21.0 Å². The largest absolute Gasteiger partial charge is 0.370 e. The number of aromatic nitrogens is 3. The Hall–Kier alpha value is -1.66. The molecule has 6 heteroatoms. The second kappa shape index (κ2) is 5.27. The molecule has 21 heavy (non-hydrogen) atoms. The van der Waals surface area contributed by atoms with Gasteiger partial charge in [0.05, 0.1) is 30.5 Å². The van der Waals surface area contributed by atoms with Crippen molar-refractivity contribution >= 4 is 16.7 Å². The Labute approximate surface area is 123 Å². The molecule has 0 amide bonds. The van der Waals surface area contributed by atoms with Crippen LogP contribution in [0.1, 0.15) is 12.8 Å². The van der Waals surface area contributed by atoms with Gasteiger partial charge in [0.25, 0.3) is 0 Å². The second-order valence-electron chi connectivity index (χ2n) is 5.79. The van der Waals surface area contributed by atoms with Gasteiger partial charge >= 0.3 is 0 Å². The van der Waals surface area contributed by atoms with E-state index in [9.17, 15) is 0 Å². The molecule has 2 aromatic heterocycles. The van der Waals surface area contributed by atoms with Gasteiger partial charge in [-0.25, -0.2) is 4.98 Å². The summed E-state index contributed by atoms with van der Waals surface area (Å²) in [5.41, 5.74) is 2.15. The predicted octanol–water partition coefficient (Wildman–Crippen LogP) is 1.56. The minimum atomic E-state index is -0.0287. The van der Waals surface area contributed by atoms with Gasteiger partial charge in [-0.3, -0.25) is 4.68 Å². The van der Waals surface area contributed by atoms with Crippen molar-refractivity contribution in [2.75, 3.05) is 31.2 Å². The fourth-order valence-corrected chi connectivity index (χ4v) is 3.41. The summed E-state index contributed by atoms with van der Waals surface area (Å²) in [6, 6.07) is 2.09. The van der Waals surface area contributed by atoms with Crippen LogP contribution in [-0.2, 0) is 16.5 Å². The highest BCUT2D eigenvalue weighted by atomic mass is 16.7. The number of hydrogen-bond acceptors (Lipinski definition) is 5. The van der Waals surface area contributed by atoms with Crippen LogP contribution in [0.5, 0.6) is 0 Å². The van der Waals surface area contributed by atoms with Crippen LogP contribution in [-0.4, -0.2) is 47.4 Å². The number of aryl methyl sites for hydroxylation is 1. The Balaban J connectivity index is 1.62. The highest BCUT2D eigenvalue weighted by Crippen LogP contribution is 2.31. The highest BCUT2D eigenvalue weighted by Gasteiger charge is 2.31. The molecule has 0 radical (unpaired) electrons. The summed E-state index contributed by atoms with van der Waals surface area (Å²) in [7, 11) is 1.93. The first-order chi connectivity index (χ1) is 10.3. The van der Waals surface area contributed by atoms with Gasteiger partial charge in [-0.1, -0.05) is 0 Å². The first-order valence-corrected chi connectivity index (χ1v) is 7.58. The Morgan fingerprint density at radius 2 is 2.14 bits per heavy atom. The monoisotopic (exact) mass is 288 g/mol. The third-order valence-corrected chi connectivity index (χ3v) is 4.44. The van der Waals surface area contributed by atoms with E-state index < -0.39 is 0 Å². The molecule has 2 aliphatic heterocycles. The van der Waals surface area contributed by atoms with Crippen molar-refractivity contribution in [3.63, 3.8) is 0 Å². The van der Waals surface area contributed by atoms with E-state index in [-0.39, 0.29) is 6.29 Å². The molecular weight excluding hydrogens is 268 g/mol. The minimum Gasteiger partial charge on any atom is -0.370 e. The number of pyridine rings is 1. The maximum atomic E-state index is 5.69. The summed E-state index contributed by atoms with van der Waals surface area (Å²) in [6.07, 6.45) is 6.08. The molecule has 4 rings (SSSR count). The summed E-state index contributed by atoms with van der Waals surface area (Å²) < 4.78 is 13.2. The van der Waals surface area contributed by atoms with Crippen LogP contribution in [0.25, 0.3) is 11.0 Å². The molecule has 112 valence electrons. The summed E-state index contributed by atoms with van der Waals surface area (Å²) in [6.45, 7) is 3.49. The van der Waals surface area contributed by atoms with Crippen LogP contribution >= 0.6 is 0 Å². The van der Waals surface area contributed by atoms with Crippen molar-refractivity contribution in [2.45, 2.75) is 19.1 Å². The van der Waals surface area contributed by atoms with Crippen LogP contribution in [0.4, 0.5) is 5.69 Å². The Morgan fingerprint density at radius 3 is 3.00 bits per heavy atom. The first-order valence-electron chi connectivity index (χ1n) is 7.58. The van der Waals surface area contributed by atoms with Crippen molar-refractivity contribution in [3.8, 4) is 0 Å². The molecule has 2 aliphatic rings. The second-order valence-corrected chi connectivity index (χ2v) is 5.79. The number of hydrogen-bond donors (Lipinski definition) is 0. The standard InChI is InChI=1S/C15H20N4O2/c1-18-14-12(9-17-18)13(4-5-16-14)19-6-2-3-11(10-19)15-20-7-8-21-15/h4-5,9,11,15H,2-3,6-8,10H2,1H3. The Kier molecular flexibility index (Phi) is 3.27. The lowest BCUT2D eigenvalue weighted by Crippen LogP contribution is -2.40. The third-order valence-electron chi connectivity index (χ3n) is 4.44. The molecular formula is C15H20N4O2. The molecule has 0 saturated carbocycles. The van der Waals surface area contributed by atoms with Crippen molar-refractivity contribution in [2.24, 2.45) is 13.0 Å². The van der Waals surface area contributed by atoms with Crippen LogP contribution < -0.4 is 4.90 Å². The summed E-state index contributed by atoms with van der Waals surface area (Å²) >= 11 is 0. The van der Waals surface area contributed by atoms with Gasteiger partial charge in [0, 0.05) is 32.3 Å². The van der Waals surface area contributed by atoms with Gasteiger partial charge in [0.2, 0.25) is 0 Å².